The lowest BCUT2D eigenvalue weighted by atomic mass is 10.2. The number of aryl methyl sites for hydroxylation is 1. The molecular formula is C19H19N5O5S. The van der Waals surface area contributed by atoms with E-state index < -0.39 is 15.9 Å². The van der Waals surface area contributed by atoms with Crippen molar-refractivity contribution in [3.05, 3.63) is 71.8 Å². The van der Waals surface area contributed by atoms with Gasteiger partial charge in [-0.2, -0.15) is 0 Å². The summed E-state index contributed by atoms with van der Waals surface area (Å²) in [6, 6.07) is 9.72. The zero-order valence-corrected chi connectivity index (χ0v) is 17.0. The lowest BCUT2D eigenvalue weighted by molar-refractivity contribution is -0.0380. The number of nitrogens with one attached hydrogen (secondary N) is 1. The molecule has 2 aromatic heterocycles. The minimum atomic E-state index is -3.97. The fourth-order valence-corrected chi connectivity index (χ4v) is 3.36. The van der Waals surface area contributed by atoms with E-state index in [4.69, 9.17) is 4.74 Å². The molecule has 0 spiro atoms. The number of carbonyl (C=O) groups is 1. The van der Waals surface area contributed by atoms with E-state index in [1.165, 1.54) is 12.1 Å². The van der Waals surface area contributed by atoms with Crippen molar-refractivity contribution in [1.82, 2.24) is 20.0 Å². The number of pyridine rings is 1. The second-order valence-electron chi connectivity index (χ2n) is 6.31. The van der Waals surface area contributed by atoms with Crippen LogP contribution in [-0.2, 0) is 16.6 Å². The van der Waals surface area contributed by atoms with Crippen molar-refractivity contribution in [2.75, 3.05) is 11.8 Å². The second-order valence-corrected chi connectivity index (χ2v) is 7.99. The van der Waals surface area contributed by atoms with Crippen LogP contribution in [0.5, 0.6) is 5.88 Å². The topological polar surface area (TPSA) is 135 Å². The van der Waals surface area contributed by atoms with Crippen LogP contribution in [0.1, 0.15) is 21.6 Å². The highest BCUT2D eigenvalue weighted by Crippen LogP contribution is 2.24. The van der Waals surface area contributed by atoms with Crippen molar-refractivity contribution >= 4 is 21.7 Å². The number of benzene rings is 1. The molecule has 0 aliphatic carbocycles. The Kier molecular flexibility index (Phi) is 6.23. The van der Waals surface area contributed by atoms with Crippen molar-refractivity contribution in [3.63, 3.8) is 0 Å². The van der Waals surface area contributed by atoms with Gasteiger partial charge in [0.05, 0.1) is 11.1 Å². The SMILES string of the molecule is Cc1ccc(S(=O)(=O)Nc2ncc(C(=O)N(C)O)nc2OCc2cccnc2)cc1. The van der Waals surface area contributed by atoms with E-state index in [1.54, 1.807) is 36.7 Å². The summed E-state index contributed by atoms with van der Waals surface area (Å²) in [5, 5.41) is 9.69. The van der Waals surface area contributed by atoms with Gasteiger partial charge in [0.1, 0.15) is 6.61 Å². The lowest BCUT2D eigenvalue weighted by Gasteiger charge is -2.14. The summed E-state index contributed by atoms with van der Waals surface area (Å²) >= 11 is 0. The molecule has 0 atom stereocenters. The molecule has 3 aromatic rings. The highest BCUT2D eigenvalue weighted by molar-refractivity contribution is 7.92. The Balaban J connectivity index is 1.93. The first-order valence-electron chi connectivity index (χ1n) is 8.71. The number of hydrogen-bond acceptors (Lipinski definition) is 8. The minimum absolute atomic E-state index is 0.00832. The number of hydroxylamine groups is 2. The fraction of sp³-hybridized carbons (Fsp3) is 0.158. The van der Waals surface area contributed by atoms with Gasteiger partial charge in [-0.25, -0.2) is 23.4 Å². The van der Waals surface area contributed by atoms with Crippen LogP contribution in [0.3, 0.4) is 0 Å². The Hall–Kier alpha value is -3.57. The maximum absolute atomic E-state index is 12.7. The largest absolute Gasteiger partial charge is 0.470 e. The Morgan fingerprint density at radius 3 is 2.57 bits per heavy atom. The molecule has 156 valence electrons. The maximum atomic E-state index is 12.7. The lowest BCUT2D eigenvalue weighted by Crippen LogP contribution is -2.24. The van der Waals surface area contributed by atoms with E-state index >= 15 is 0 Å². The first-order chi connectivity index (χ1) is 14.3. The molecule has 1 amide bonds. The van der Waals surface area contributed by atoms with Crippen LogP contribution in [-0.4, -0.2) is 46.6 Å². The Morgan fingerprint density at radius 1 is 1.20 bits per heavy atom. The molecule has 0 saturated carbocycles. The number of amides is 1. The number of hydrogen-bond donors (Lipinski definition) is 2. The Morgan fingerprint density at radius 2 is 1.93 bits per heavy atom. The van der Waals surface area contributed by atoms with Crippen LogP contribution < -0.4 is 9.46 Å². The van der Waals surface area contributed by atoms with E-state index in [1.807, 2.05) is 6.92 Å². The average Bonchev–Trinajstić information content (AvgIpc) is 2.73. The molecule has 3 rings (SSSR count). The van der Waals surface area contributed by atoms with Gasteiger partial charge in [0.2, 0.25) is 5.82 Å². The standard InChI is InChI=1S/C19H19N5O5S/c1-13-5-7-15(8-6-13)30(27,28)23-17-18(29-12-14-4-3-9-20-10-14)22-16(11-21-17)19(25)24(2)26/h3-11,26H,12H2,1-2H3,(H,21,23). The molecule has 10 nitrogen and oxygen atoms in total. The maximum Gasteiger partial charge on any atom is 0.297 e. The molecular weight excluding hydrogens is 410 g/mol. The predicted octanol–water partition coefficient (Wildman–Crippen LogP) is 2.02. The molecule has 11 heteroatoms. The summed E-state index contributed by atoms with van der Waals surface area (Å²) in [6.45, 7) is 1.85. The van der Waals surface area contributed by atoms with Crippen molar-refractivity contribution in [3.8, 4) is 5.88 Å². The van der Waals surface area contributed by atoms with Crippen LogP contribution in [0.15, 0.2) is 59.9 Å². The normalized spacial score (nSPS) is 11.0. The van der Waals surface area contributed by atoms with Crippen molar-refractivity contribution in [2.24, 2.45) is 0 Å². The molecule has 0 aliphatic heterocycles. The van der Waals surface area contributed by atoms with Crippen LogP contribution in [0.2, 0.25) is 0 Å². The van der Waals surface area contributed by atoms with Crippen LogP contribution in [0.25, 0.3) is 0 Å². The minimum Gasteiger partial charge on any atom is -0.470 e. The van der Waals surface area contributed by atoms with Gasteiger partial charge in [0, 0.05) is 25.0 Å². The smallest absolute Gasteiger partial charge is 0.297 e. The van der Waals surface area contributed by atoms with Gasteiger partial charge in [0.15, 0.2) is 5.69 Å². The summed E-state index contributed by atoms with van der Waals surface area (Å²) in [4.78, 5) is 24.0. The third-order valence-electron chi connectivity index (χ3n) is 3.91. The van der Waals surface area contributed by atoms with Gasteiger partial charge in [-0.1, -0.05) is 23.8 Å². The van der Waals surface area contributed by atoms with Gasteiger partial charge in [-0.15, -0.1) is 0 Å². The number of aromatic nitrogens is 3. The van der Waals surface area contributed by atoms with Crippen LogP contribution >= 0.6 is 0 Å². The number of ether oxygens (including phenoxy) is 1. The molecule has 0 unspecified atom stereocenters. The van der Waals surface area contributed by atoms with Gasteiger partial charge < -0.3 is 4.74 Å². The van der Waals surface area contributed by atoms with Crippen molar-refractivity contribution < 1.29 is 23.2 Å². The molecule has 0 saturated heterocycles. The van der Waals surface area contributed by atoms with E-state index in [2.05, 4.69) is 19.7 Å². The molecule has 2 N–H and O–H groups in total. The first kappa shape index (κ1) is 21.1. The third kappa shape index (κ3) is 5.07. The zero-order valence-electron chi connectivity index (χ0n) is 16.2. The van der Waals surface area contributed by atoms with Crippen LogP contribution in [0.4, 0.5) is 5.82 Å². The number of nitrogens with zero attached hydrogens (tertiary/aromatic N) is 4. The van der Waals surface area contributed by atoms with Crippen molar-refractivity contribution in [1.29, 1.82) is 0 Å². The molecule has 0 aliphatic rings. The van der Waals surface area contributed by atoms with Gasteiger partial charge >= 0.3 is 0 Å². The molecule has 0 fully saturated rings. The fourth-order valence-electron chi connectivity index (χ4n) is 2.35. The summed E-state index contributed by atoms with van der Waals surface area (Å²) < 4.78 is 33.3. The summed E-state index contributed by atoms with van der Waals surface area (Å²) in [6.07, 6.45) is 4.21. The Labute approximate surface area is 173 Å². The number of rotatable bonds is 7. The monoisotopic (exact) mass is 429 g/mol. The third-order valence-corrected chi connectivity index (χ3v) is 5.27. The highest BCUT2D eigenvalue weighted by Gasteiger charge is 2.21. The molecule has 2 heterocycles. The van der Waals surface area contributed by atoms with E-state index in [-0.39, 0.29) is 28.9 Å². The summed E-state index contributed by atoms with van der Waals surface area (Å²) in [5.41, 5.74) is 1.38. The molecule has 0 bridgehead atoms. The first-order valence-corrected chi connectivity index (χ1v) is 10.2. The Bertz CT molecular complexity index is 1140. The zero-order chi connectivity index (χ0) is 21.7. The number of sulfonamides is 1. The molecule has 30 heavy (non-hydrogen) atoms. The summed E-state index contributed by atoms with van der Waals surface area (Å²) in [7, 11) is -2.84. The predicted molar refractivity (Wildman–Crippen MR) is 106 cm³/mol. The summed E-state index contributed by atoms with van der Waals surface area (Å²) in [5.74, 6) is -1.25. The number of carbonyl (C=O) groups excluding carboxylic acids is 1. The average molecular weight is 429 g/mol. The quantitative estimate of drug-likeness (QED) is 0.430. The second kappa shape index (κ2) is 8.84. The molecule has 1 aromatic carbocycles. The van der Waals surface area contributed by atoms with Crippen LogP contribution in [0, 0.1) is 6.92 Å². The number of anilines is 1. The molecule has 0 radical (unpaired) electrons. The highest BCUT2D eigenvalue weighted by atomic mass is 32.2. The van der Waals surface area contributed by atoms with E-state index in [0.29, 0.717) is 10.6 Å². The van der Waals surface area contributed by atoms with Crippen molar-refractivity contribution in [2.45, 2.75) is 18.4 Å². The van der Waals surface area contributed by atoms with E-state index in [0.717, 1.165) is 18.8 Å². The van der Waals surface area contributed by atoms with Gasteiger partial charge in [0.25, 0.3) is 21.8 Å². The van der Waals surface area contributed by atoms with Gasteiger partial charge in [-0.3, -0.25) is 19.7 Å². The van der Waals surface area contributed by atoms with E-state index in [9.17, 15) is 18.4 Å². The van der Waals surface area contributed by atoms with Gasteiger partial charge in [-0.05, 0) is 25.1 Å².